The molecule has 0 aromatic heterocycles. The van der Waals surface area contributed by atoms with Gasteiger partial charge >= 0.3 is 6.09 Å². The molecule has 0 aromatic carbocycles. The lowest BCUT2D eigenvalue weighted by Gasteiger charge is -2.45. The highest BCUT2D eigenvalue weighted by Gasteiger charge is 2.39. The van der Waals surface area contributed by atoms with E-state index in [1.807, 2.05) is 0 Å². The molecule has 1 N–H and O–H groups in total. The molecule has 0 radical (unpaired) electrons. The van der Waals surface area contributed by atoms with Gasteiger partial charge in [0, 0.05) is 13.1 Å². The first kappa shape index (κ1) is 14.6. The van der Waals surface area contributed by atoms with Gasteiger partial charge < -0.3 is 10.0 Å². The van der Waals surface area contributed by atoms with Crippen molar-refractivity contribution < 1.29 is 22.5 Å². The molecule has 0 atom stereocenters. The van der Waals surface area contributed by atoms with Gasteiger partial charge in [-0.25, -0.2) is 4.79 Å². The normalized spacial score (nSPS) is 24.6. The van der Waals surface area contributed by atoms with Crippen LogP contribution in [-0.2, 0) is 14.3 Å². The zero-order chi connectivity index (χ0) is 14.1. The number of piperidine rings is 1. The van der Waals surface area contributed by atoms with Crippen molar-refractivity contribution in [1.29, 1.82) is 0 Å². The Morgan fingerprint density at radius 2 is 1.74 bits per heavy atom. The summed E-state index contributed by atoms with van der Waals surface area (Å²) in [6.07, 6.45) is 5.17. The minimum atomic E-state index is -3.37. The molecular formula is C12H21NO5S. The highest BCUT2D eigenvalue weighted by molar-refractivity contribution is 7.86. The van der Waals surface area contributed by atoms with Crippen molar-refractivity contribution in [2.24, 2.45) is 5.41 Å². The fourth-order valence-corrected chi connectivity index (χ4v) is 3.91. The van der Waals surface area contributed by atoms with Crippen LogP contribution in [0, 0.1) is 5.41 Å². The summed E-state index contributed by atoms with van der Waals surface area (Å²) in [6.45, 7) is 1.18. The van der Waals surface area contributed by atoms with Gasteiger partial charge in [0.1, 0.15) is 0 Å². The van der Waals surface area contributed by atoms with Gasteiger partial charge in [-0.2, -0.15) is 8.42 Å². The topological polar surface area (TPSA) is 83.9 Å². The molecule has 19 heavy (non-hydrogen) atoms. The summed E-state index contributed by atoms with van der Waals surface area (Å²) >= 11 is 0. The summed E-state index contributed by atoms with van der Waals surface area (Å²) < 4.78 is 27.2. The Morgan fingerprint density at radius 1 is 1.21 bits per heavy atom. The standard InChI is InChI=1S/C12H21NO5S/c1-19(16,17)18-10-2-4-12(5-3-10)6-8-13(9-7-12)11(14)15/h10H,2-9H2,1H3,(H,14,15). The lowest BCUT2D eigenvalue weighted by atomic mass is 9.67. The molecule has 1 heterocycles. The molecule has 1 saturated heterocycles. The Kier molecular flexibility index (Phi) is 4.06. The Bertz CT molecular complexity index is 429. The lowest BCUT2D eigenvalue weighted by molar-refractivity contribution is 0.0301. The molecule has 1 saturated carbocycles. The number of amides is 1. The Labute approximate surface area is 113 Å². The van der Waals surface area contributed by atoms with E-state index >= 15 is 0 Å². The van der Waals surface area contributed by atoms with E-state index in [4.69, 9.17) is 9.29 Å². The maximum absolute atomic E-state index is 11.1. The van der Waals surface area contributed by atoms with E-state index in [0.29, 0.717) is 13.1 Å². The summed E-state index contributed by atoms with van der Waals surface area (Å²) in [4.78, 5) is 12.3. The maximum atomic E-state index is 11.1. The highest BCUT2D eigenvalue weighted by atomic mass is 32.2. The van der Waals surface area contributed by atoms with Crippen LogP contribution < -0.4 is 0 Å². The van der Waals surface area contributed by atoms with Crippen molar-refractivity contribution >= 4 is 16.2 Å². The first-order valence-electron chi connectivity index (χ1n) is 6.66. The molecule has 110 valence electrons. The second-order valence-corrected chi connectivity index (χ2v) is 7.37. The van der Waals surface area contributed by atoms with Crippen molar-refractivity contribution in [3.63, 3.8) is 0 Å². The van der Waals surface area contributed by atoms with Crippen LogP contribution in [-0.4, -0.2) is 50.0 Å². The van der Waals surface area contributed by atoms with E-state index < -0.39 is 16.2 Å². The van der Waals surface area contributed by atoms with Crippen LogP contribution in [0.3, 0.4) is 0 Å². The molecule has 0 unspecified atom stereocenters. The molecule has 7 heteroatoms. The number of hydrogen-bond donors (Lipinski definition) is 1. The van der Waals surface area contributed by atoms with Gasteiger partial charge in [-0.05, 0) is 43.9 Å². The third-order valence-corrected chi connectivity index (χ3v) is 5.02. The van der Waals surface area contributed by atoms with Gasteiger partial charge in [0.25, 0.3) is 10.1 Å². The van der Waals surface area contributed by atoms with Crippen molar-refractivity contribution in [2.75, 3.05) is 19.3 Å². The number of carboxylic acid groups (broad SMARTS) is 1. The number of rotatable bonds is 2. The van der Waals surface area contributed by atoms with Crippen LogP contribution in [0.1, 0.15) is 38.5 Å². The predicted molar refractivity (Wildman–Crippen MR) is 69.4 cm³/mol. The van der Waals surface area contributed by atoms with Gasteiger partial charge in [-0.1, -0.05) is 0 Å². The van der Waals surface area contributed by atoms with Crippen LogP contribution >= 0.6 is 0 Å². The quantitative estimate of drug-likeness (QED) is 0.782. The smallest absolute Gasteiger partial charge is 0.407 e. The number of likely N-dealkylation sites (tertiary alicyclic amines) is 1. The SMILES string of the molecule is CS(=O)(=O)OC1CCC2(CC1)CCN(C(=O)O)CC2. The second kappa shape index (κ2) is 5.28. The fraction of sp³-hybridized carbons (Fsp3) is 0.917. The molecule has 1 amide bonds. The first-order chi connectivity index (χ1) is 8.80. The monoisotopic (exact) mass is 291 g/mol. The Hall–Kier alpha value is -0.820. The molecule has 0 aromatic rings. The average molecular weight is 291 g/mol. The average Bonchev–Trinajstić information content (AvgIpc) is 2.31. The van der Waals surface area contributed by atoms with Crippen LogP contribution in [0.15, 0.2) is 0 Å². The number of hydrogen-bond acceptors (Lipinski definition) is 4. The van der Waals surface area contributed by atoms with Crippen molar-refractivity contribution in [2.45, 2.75) is 44.6 Å². The molecule has 1 aliphatic carbocycles. The maximum Gasteiger partial charge on any atom is 0.407 e. The summed E-state index contributed by atoms with van der Waals surface area (Å²) in [6, 6.07) is 0. The minimum absolute atomic E-state index is 0.196. The third kappa shape index (κ3) is 3.82. The van der Waals surface area contributed by atoms with Crippen molar-refractivity contribution in [1.82, 2.24) is 4.90 Å². The molecule has 0 bridgehead atoms. The molecule has 2 rings (SSSR count). The summed E-state index contributed by atoms with van der Waals surface area (Å²) in [5.41, 5.74) is 0.198. The van der Waals surface area contributed by atoms with E-state index in [-0.39, 0.29) is 11.5 Å². The summed E-state index contributed by atoms with van der Waals surface area (Å²) in [5, 5.41) is 8.93. The van der Waals surface area contributed by atoms with Crippen LogP contribution in [0.4, 0.5) is 4.79 Å². The molecular weight excluding hydrogens is 270 g/mol. The van der Waals surface area contributed by atoms with Gasteiger partial charge in [0.15, 0.2) is 0 Å². The summed E-state index contributed by atoms with van der Waals surface area (Å²) in [5.74, 6) is 0. The van der Waals surface area contributed by atoms with E-state index in [1.165, 1.54) is 4.90 Å². The van der Waals surface area contributed by atoms with Crippen LogP contribution in [0.2, 0.25) is 0 Å². The van der Waals surface area contributed by atoms with E-state index in [1.54, 1.807) is 0 Å². The largest absolute Gasteiger partial charge is 0.465 e. The minimum Gasteiger partial charge on any atom is -0.465 e. The number of nitrogens with zero attached hydrogens (tertiary/aromatic N) is 1. The van der Waals surface area contributed by atoms with Crippen LogP contribution in [0.25, 0.3) is 0 Å². The molecule has 2 fully saturated rings. The Morgan fingerprint density at radius 3 is 2.16 bits per heavy atom. The van der Waals surface area contributed by atoms with Gasteiger partial charge in [0.05, 0.1) is 12.4 Å². The zero-order valence-corrected chi connectivity index (χ0v) is 12.0. The summed E-state index contributed by atoms with van der Waals surface area (Å²) in [7, 11) is -3.37. The molecule has 6 nitrogen and oxygen atoms in total. The third-order valence-electron chi connectivity index (χ3n) is 4.40. The lowest BCUT2D eigenvalue weighted by Crippen LogP contribution is -2.44. The highest BCUT2D eigenvalue weighted by Crippen LogP contribution is 2.45. The van der Waals surface area contributed by atoms with Gasteiger partial charge in [0.2, 0.25) is 0 Å². The first-order valence-corrected chi connectivity index (χ1v) is 8.47. The fourth-order valence-electron chi connectivity index (χ4n) is 3.22. The second-order valence-electron chi connectivity index (χ2n) is 5.77. The van der Waals surface area contributed by atoms with E-state index in [0.717, 1.165) is 44.8 Å². The van der Waals surface area contributed by atoms with Gasteiger partial charge in [-0.15, -0.1) is 0 Å². The molecule has 1 spiro atoms. The van der Waals surface area contributed by atoms with Crippen molar-refractivity contribution in [3.05, 3.63) is 0 Å². The van der Waals surface area contributed by atoms with Gasteiger partial charge in [-0.3, -0.25) is 4.18 Å². The van der Waals surface area contributed by atoms with E-state index in [2.05, 4.69) is 0 Å². The van der Waals surface area contributed by atoms with E-state index in [9.17, 15) is 13.2 Å². The molecule has 1 aliphatic heterocycles. The van der Waals surface area contributed by atoms with Crippen LogP contribution in [0.5, 0.6) is 0 Å². The zero-order valence-electron chi connectivity index (χ0n) is 11.2. The predicted octanol–water partition coefficient (Wildman–Crippen LogP) is 1.67. The Balaban J connectivity index is 1.85. The van der Waals surface area contributed by atoms with Crippen molar-refractivity contribution in [3.8, 4) is 0 Å². The number of carbonyl (C=O) groups is 1. The molecule has 2 aliphatic rings.